The SMILES string of the molecule is CCOC(=O)C1(C(=O)OCC)C/C(=C/C2CCCCC2)[C@@H]2/C=C\CCCC[C@H]21. The lowest BCUT2D eigenvalue weighted by atomic mass is 9.72. The molecule has 2 saturated carbocycles. The van der Waals surface area contributed by atoms with Gasteiger partial charge in [0.2, 0.25) is 0 Å². The number of carbonyl (C=O) groups is 2. The Morgan fingerprint density at radius 3 is 2.29 bits per heavy atom. The average molecular weight is 389 g/mol. The van der Waals surface area contributed by atoms with E-state index < -0.39 is 5.41 Å². The molecule has 4 nitrogen and oxygen atoms in total. The third kappa shape index (κ3) is 4.21. The van der Waals surface area contributed by atoms with Gasteiger partial charge in [0.05, 0.1) is 13.2 Å². The maximum Gasteiger partial charge on any atom is 0.324 e. The van der Waals surface area contributed by atoms with Crippen LogP contribution in [-0.2, 0) is 19.1 Å². The second-order valence-corrected chi connectivity index (χ2v) is 8.57. The quantitative estimate of drug-likeness (QED) is 0.361. The van der Waals surface area contributed by atoms with Crippen molar-refractivity contribution in [3.05, 3.63) is 23.8 Å². The highest BCUT2D eigenvalue weighted by Crippen LogP contribution is 2.55. The van der Waals surface area contributed by atoms with E-state index in [1.54, 1.807) is 13.8 Å². The topological polar surface area (TPSA) is 52.6 Å². The molecular weight excluding hydrogens is 352 g/mol. The van der Waals surface area contributed by atoms with Gasteiger partial charge in [0, 0.05) is 5.92 Å². The summed E-state index contributed by atoms with van der Waals surface area (Å²) in [5.74, 6) is -0.106. The van der Waals surface area contributed by atoms with Gasteiger partial charge in [-0.3, -0.25) is 9.59 Å². The van der Waals surface area contributed by atoms with Crippen LogP contribution in [0.15, 0.2) is 23.8 Å². The van der Waals surface area contributed by atoms with Crippen LogP contribution in [0, 0.1) is 23.2 Å². The predicted molar refractivity (Wildman–Crippen MR) is 110 cm³/mol. The van der Waals surface area contributed by atoms with Crippen molar-refractivity contribution < 1.29 is 19.1 Å². The summed E-state index contributed by atoms with van der Waals surface area (Å²) in [6.45, 7) is 4.18. The first-order chi connectivity index (χ1) is 13.6. The molecule has 0 amide bonds. The molecule has 3 aliphatic carbocycles. The Morgan fingerprint density at radius 1 is 1.00 bits per heavy atom. The van der Waals surface area contributed by atoms with Crippen LogP contribution in [0.5, 0.6) is 0 Å². The molecule has 0 saturated heterocycles. The van der Waals surface area contributed by atoms with E-state index in [0.29, 0.717) is 12.3 Å². The Bertz CT molecular complexity index is 594. The maximum atomic E-state index is 13.2. The lowest BCUT2D eigenvalue weighted by molar-refractivity contribution is -0.175. The molecule has 0 radical (unpaired) electrons. The number of fused-ring (bicyclic) bond motifs is 1. The van der Waals surface area contributed by atoms with Crippen molar-refractivity contribution in [2.24, 2.45) is 23.2 Å². The number of hydrogen-bond donors (Lipinski definition) is 0. The third-order valence-electron chi connectivity index (χ3n) is 6.84. The Kier molecular flexibility index (Phi) is 7.36. The minimum atomic E-state index is -1.18. The van der Waals surface area contributed by atoms with Gasteiger partial charge in [-0.1, -0.05) is 49.5 Å². The zero-order valence-corrected chi connectivity index (χ0v) is 17.6. The number of rotatable bonds is 5. The van der Waals surface area contributed by atoms with Crippen LogP contribution < -0.4 is 0 Å². The monoisotopic (exact) mass is 388 g/mol. The Hall–Kier alpha value is -1.58. The third-order valence-corrected chi connectivity index (χ3v) is 6.84. The summed E-state index contributed by atoms with van der Waals surface area (Å²) in [4.78, 5) is 26.4. The second kappa shape index (κ2) is 9.76. The predicted octanol–water partition coefficient (Wildman–Crippen LogP) is 5.37. The van der Waals surface area contributed by atoms with Crippen LogP contribution in [-0.4, -0.2) is 25.2 Å². The average Bonchev–Trinajstić information content (AvgIpc) is 2.96. The first kappa shape index (κ1) is 21.1. The second-order valence-electron chi connectivity index (χ2n) is 8.57. The summed E-state index contributed by atoms with van der Waals surface area (Å²) in [6.07, 6.45) is 17.8. The van der Waals surface area contributed by atoms with Gasteiger partial charge in [0.15, 0.2) is 5.41 Å². The standard InChI is InChI=1S/C24H36O4/c1-3-27-22(25)24(23(26)28-4-2)17-19(16-18-12-8-7-9-13-18)20-14-10-5-6-11-15-21(20)24/h10,14,16,18,20-21H,3-9,11-13,15,17H2,1-2H3/b14-10-,19-16-/t20-,21+/m0/s1. The molecule has 2 fully saturated rings. The summed E-state index contributed by atoms with van der Waals surface area (Å²) < 4.78 is 10.9. The number of ether oxygens (including phenoxy) is 2. The molecule has 0 aromatic carbocycles. The minimum Gasteiger partial charge on any atom is -0.465 e. The van der Waals surface area contributed by atoms with Crippen LogP contribution in [0.3, 0.4) is 0 Å². The lowest BCUT2D eigenvalue weighted by Crippen LogP contribution is -2.46. The fourth-order valence-corrected chi connectivity index (χ4v) is 5.51. The van der Waals surface area contributed by atoms with E-state index in [2.05, 4.69) is 18.2 Å². The molecule has 0 aromatic rings. The van der Waals surface area contributed by atoms with Crippen LogP contribution in [0.4, 0.5) is 0 Å². The van der Waals surface area contributed by atoms with Gasteiger partial charge in [-0.05, 0) is 64.2 Å². The fourth-order valence-electron chi connectivity index (χ4n) is 5.51. The Labute approximate surface area is 169 Å². The summed E-state index contributed by atoms with van der Waals surface area (Å²) in [5.41, 5.74) is 0.0786. The van der Waals surface area contributed by atoms with Crippen LogP contribution in [0.2, 0.25) is 0 Å². The highest BCUT2D eigenvalue weighted by atomic mass is 16.6. The first-order valence-electron chi connectivity index (χ1n) is 11.3. The minimum absolute atomic E-state index is 0.0583. The van der Waals surface area contributed by atoms with Crippen molar-refractivity contribution in [1.82, 2.24) is 0 Å². The number of allylic oxidation sites excluding steroid dienone is 4. The highest BCUT2D eigenvalue weighted by Gasteiger charge is 2.61. The van der Waals surface area contributed by atoms with E-state index in [-0.39, 0.29) is 37.0 Å². The van der Waals surface area contributed by atoms with Crippen molar-refractivity contribution in [2.45, 2.75) is 78.1 Å². The van der Waals surface area contributed by atoms with Crippen LogP contribution in [0.1, 0.15) is 78.1 Å². The van der Waals surface area contributed by atoms with E-state index in [0.717, 1.165) is 25.7 Å². The molecule has 0 spiro atoms. The molecule has 2 atom stereocenters. The molecule has 4 heteroatoms. The molecule has 0 aliphatic heterocycles. The number of carbonyl (C=O) groups excluding carboxylic acids is 2. The van der Waals surface area contributed by atoms with Crippen molar-refractivity contribution >= 4 is 11.9 Å². The molecule has 0 aromatic heterocycles. The van der Waals surface area contributed by atoms with E-state index in [9.17, 15) is 9.59 Å². The van der Waals surface area contributed by atoms with E-state index in [4.69, 9.17) is 9.47 Å². The number of hydrogen-bond acceptors (Lipinski definition) is 4. The summed E-state index contributed by atoms with van der Waals surface area (Å²) in [5, 5.41) is 0. The first-order valence-corrected chi connectivity index (χ1v) is 11.3. The molecule has 0 unspecified atom stereocenters. The molecule has 0 heterocycles. The zero-order valence-electron chi connectivity index (χ0n) is 17.6. The summed E-state index contributed by atoms with van der Waals surface area (Å²) in [6, 6.07) is 0. The van der Waals surface area contributed by atoms with E-state index >= 15 is 0 Å². The Balaban J connectivity index is 2.02. The maximum absolute atomic E-state index is 13.2. The van der Waals surface area contributed by atoms with Crippen LogP contribution in [0.25, 0.3) is 0 Å². The van der Waals surface area contributed by atoms with Crippen LogP contribution >= 0.6 is 0 Å². The van der Waals surface area contributed by atoms with Gasteiger partial charge in [-0.15, -0.1) is 0 Å². The summed E-state index contributed by atoms with van der Waals surface area (Å²) >= 11 is 0. The molecule has 28 heavy (non-hydrogen) atoms. The fraction of sp³-hybridized carbons (Fsp3) is 0.750. The normalized spacial score (nSPS) is 30.1. The van der Waals surface area contributed by atoms with Gasteiger partial charge in [0.1, 0.15) is 0 Å². The van der Waals surface area contributed by atoms with E-state index in [1.165, 1.54) is 37.7 Å². The van der Waals surface area contributed by atoms with Crippen molar-refractivity contribution in [3.63, 3.8) is 0 Å². The summed E-state index contributed by atoms with van der Waals surface area (Å²) in [7, 11) is 0. The van der Waals surface area contributed by atoms with E-state index in [1.807, 2.05) is 0 Å². The molecule has 3 rings (SSSR count). The molecular formula is C24H36O4. The van der Waals surface area contributed by atoms with Gasteiger partial charge in [-0.25, -0.2) is 0 Å². The zero-order chi connectivity index (χ0) is 20.0. The van der Waals surface area contributed by atoms with Gasteiger partial charge in [0.25, 0.3) is 0 Å². The van der Waals surface area contributed by atoms with Crippen molar-refractivity contribution in [2.75, 3.05) is 13.2 Å². The number of esters is 2. The van der Waals surface area contributed by atoms with Gasteiger partial charge in [-0.2, -0.15) is 0 Å². The largest absolute Gasteiger partial charge is 0.465 e. The molecule has 3 aliphatic rings. The molecule has 0 N–H and O–H groups in total. The van der Waals surface area contributed by atoms with Gasteiger partial charge < -0.3 is 9.47 Å². The van der Waals surface area contributed by atoms with Crippen molar-refractivity contribution in [3.8, 4) is 0 Å². The lowest BCUT2D eigenvalue weighted by Gasteiger charge is -2.32. The van der Waals surface area contributed by atoms with Gasteiger partial charge >= 0.3 is 11.9 Å². The smallest absolute Gasteiger partial charge is 0.324 e. The highest BCUT2D eigenvalue weighted by molar-refractivity contribution is 6.01. The Morgan fingerprint density at radius 2 is 1.64 bits per heavy atom. The van der Waals surface area contributed by atoms with Crippen molar-refractivity contribution in [1.29, 1.82) is 0 Å². The molecule has 0 bridgehead atoms. The molecule has 156 valence electrons.